The van der Waals surface area contributed by atoms with Gasteiger partial charge in [0.1, 0.15) is 11.1 Å². The largest absolute Gasteiger partial charge is 0.383 e. The van der Waals surface area contributed by atoms with Gasteiger partial charge in [-0.2, -0.15) is 14.0 Å². The first kappa shape index (κ1) is 14.8. The van der Waals surface area contributed by atoms with Gasteiger partial charge in [0.2, 0.25) is 0 Å². The fourth-order valence-corrected chi connectivity index (χ4v) is 1.75. The van der Waals surface area contributed by atoms with Crippen molar-refractivity contribution in [2.24, 2.45) is 0 Å². The molecule has 18 heavy (non-hydrogen) atoms. The summed E-state index contributed by atoms with van der Waals surface area (Å²) in [4.78, 5) is 11.5. The lowest BCUT2D eigenvalue weighted by Gasteiger charge is -2.42. The number of rotatable bonds is 5. The molecule has 1 saturated carbocycles. The summed E-state index contributed by atoms with van der Waals surface area (Å²) in [5.74, 6) is -5.55. The van der Waals surface area contributed by atoms with Crippen LogP contribution in [0.1, 0.15) is 26.2 Å². The summed E-state index contributed by atoms with van der Waals surface area (Å²) in [5.41, 5.74) is -3.84. The van der Waals surface area contributed by atoms with Gasteiger partial charge in [-0.05, 0) is 26.2 Å². The van der Waals surface area contributed by atoms with Crippen molar-refractivity contribution in [3.05, 3.63) is 0 Å². The Labute approximate surface area is 104 Å². The molecule has 5 nitrogen and oxygen atoms in total. The summed E-state index contributed by atoms with van der Waals surface area (Å²) in [6, 6.07) is 1.70. The molecule has 7 heteroatoms. The second-order valence-corrected chi connectivity index (χ2v) is 4.79. The fraction of sp³-hybridized carbons (Fsp3) is 0.818. The van der Waals surface area contributed by atoms with Crippen molar-refractivity contribution in [2.75, 3.05) is 13.7 Å². The van der Waals surface area contributed by atoms with Crippen LogP contribution in [0.25, 0.3) is 0 Å². The first-order chi connectivity index (χ1) is 8.21. The smallest absolute Gasteiger partial charge is 0.352 e. The van der Waals surface area contributed by atoms with Crippen LogP contribution in [0.4, 0.5) is 8.78 Å². The number of amides is 1. The van der Waals surface area contributed by atoms with Crippen LogP contribution in [0.3, 0.4) is 0 Å². The predicted octanol–water partition coefficient (Wildman–Crippen LogP) is 0.582. The van der Waals surface area contributed by atoms with Crippen LogP contribution in [-0.4, -0.2) is 41.8 Å². The van der Waals surface area contributed by atoms with Gasteiger partial charge in [0.15, 0.2) is 0 Å². The van der Waals surface area contributed by atoms with E-state index in [0.717, 1.165) is 0 Å². The minimum atomic E-state index is -3.91. The zero-order valence-corrected chi connectivity index (χ0v) is 10.3. The van der Waals surface area contributed by atoms with E-state index in [4.69, 9.17) is 10.00 Å². The molecule has 1 aliphatic rings. The van der Waals surface area contributed by atoms with Gasteiger partial charge < -0.3 is 15.2 Å². The van der Waals surface area contributed by atoms with Crippen LogP contribution in [0.2, 0.25) is 0 Å². The van der Waals surface area contributed by atoms with E-state index in [-0.39, 0.29) is 19.4 Å². The Morgan fingerprint density at radius 2 is 2.17 bits per heavy atom. The Hall–Kier alpha value is -1.26. The van der Waals surface area contributed by atoms with Crippen molar-refractivity contribution >= 4 is 5.91 Å². The van der Waals surface area contributed by atoms with Crippen molar-refractivity contribution in [3.63, 3.8) is 0 Å². The Balaban J connectivity index is 2.79. The first-order valence-corrected chi connectivity index (χ1v) is 5.54. The van der Waals surface area contributed by atoms with E-state index >= 15 is 0 Å². The SMILES string of the molecule is COCC(C)(C#N)NC(=O)C(F)(F)C1(O)CCC1. The zero-order chi connectivity index (χ0) is 14.0. The molecule has 0 spiro atoms. The lowest BCUT2D eigenvalue weighted by atomic mass is 9.75. The third kappa shape index (κ3) is 2.44. The number of nitriles is 1. The molecule has 0 aliphatic heterocycles. The van der Waals surface area contributed by atoms with Crippen molar-refractivity contribution in [1.29, 1.82) is 5.26 Å². The fourth-order valence-electron chi connectivity index (χ4n) is 1.75. The average molecular weight is 262 g/mol. The molecule has 0 aromatic carbocycles. The summed E-state index contributed by atoms with van der Waals surface area (Å²) in [5, 5.41) is 20.4. The van der Waals surface area contributed by atoms with Crippen LogP contribution in [0, 0.1) is 11.3 Å². The van der Waals surface area contributed by atoms with Gasteiger partial charge in [0, 0.05) is 7.11 Å². The predicted molar refractivity (Wildman–Crippen MR) is 57.8 cm³/mol. The van der Waals surface area contributed by atoms with Gasteiger partial charge in [-0.3, -0.25) is 4.79 Å². The van der Waals surface area contributed by atoms with Gasteiger partial charge in [-0.25, -0.2) is 0 Å². The summed E-state index contributed by atoms with van der Waals surface area (Å²) < 4.78 is 32.2. The van der Waals surface area contributed by atoms with E-state index in [0.29, 0.717) is 6.42 Å². The highest BCUT2D eigenvalue weighted by Gasteiger charge is 2.61. The van der Waals surface area contributed by atoms with Crippen molar-refractivity contribution in [1.82, 2.24) is 5.32 Å². The highest BCUT2D eigenvalue weighted by molar-refractivity contribution is 5.86. The monoisotopic (exact) mass is 262 g/mol. The minimum absolute atomic E-state index is 0.124. The Morgan fingerprint density at radius 3 is 2.50 bits per heavy atom. The lowest BCUT2D eigenvalue weighted by Crippen LogP contribution is -2.64. The van der Waals surface area contributed by atoms with E-state index < -0.39 is 23.0 Å². The molecule has 1 aliphatic carbocycles. The summed E-state index contributed by atoms with van der Waals surface area (Å²) in [7, 11) is 1.29. The molecule has 0 bridgehead atoms. The topological polar surface area (TPSA) is 82.3 Å². The third-order valence-corrected chi connectivity index (χ3v) is 3.12. The van der Waals surface area contributed by atoms with Gasteiger partial charge in [0.05, 0.1) is 12.7 Å². The molecule has 102 valence electrons. The number of carbonyl (C=O) groups excluding carboxylic acids is 1. The van der Waals surface area contributed by atoms with Crippen LogP contribution in [0.15, 0.2) is 0 Å². The molecular weight excluding hydrogens is 246 g/mol. The van der Waals surface area contributed by atoms with E-state index in [1.165, 1.54) is 14.0 Å². The molecule has 0 aromatic rings. The minimum Gasteiger partial charge on any atom is -0.383 e. The number of carbonyl (C=O) groups is 1. The average Bonchev–Trinajstić information content (AvgIpc) is 2.25. The van der Waals surface area contributed by atoms with Crippen LogP contribution in [0.5, 0.6) is 0 Å². The summed E-state index contributed by atoms with van der Waals surface area (Å²) in [6.45, 7) is 1.05. The molecule has 2 N–H and O–H groups in total. The second kappa shape index (κ2) is 4.78. The van der Waals surface area contributed by atoms with Crippen molar-refractivity contribution in [3.8, 4) is 6.07 Å². The number of ether oxygens (including phenoxy) is 1. The van der Waals surface area contributed by atoms with E-state index in [1.807, 2.05) is 5.32 Å². The number of nitrogens with one attached hydrogen (secondary N) is 1. The van der Waals surface area contributed by atoms with Crippen molar-refractivity contribution in [2.45, 2.75) is 43.2 Å². The lowest BCUT2D eigenvalue weighted by molar-refractivity contribution is -0.216. The number of hydrogen-bond acceptors (Lipinski definition) is 4. The highest BCUT2D eigenvalue weighted by Crippen LogP contribution is 2.44. The number of nitrogens with zero attached hydrogens (tertiary/aromatic N) is 1. The van der Waals surface area contributed by atoms with E-state index in [2.05, 4.69) is 0 Å². The molecular formula is C11H16F2N2O3. The zero-order valence-electron chi connectivity index (χ0n) is 10.3. The summed E-state index contributed by atoms with van der Waals surface area (Å²) >= 11 is 0. The van der Waals surface area contributed by atoms with Crippen LogP contribution >= 0.6 is 0 Å². The molecule has 1 atom stereocenters. The van der Waals surface area contributed by atoms with Crippen LogP contribution < -0.4 is 5.32 Å². The molecule has 1 unspecified atom stereocenters. The van der Waals surface area contributed by atoms with Gasteiger partial charge in [0.25, 0.3) is 5.91 Å². The third-order valence-electron chi connectivity index (χ3n) is 3.12. The van der Waals surface area contributed by atoms with Gasteiger partial charge in [-0.1, -0.05) is 0 Å². The Kier molecular flexibility index (Phi) is 3.93. The first-order valence-electron chi connectivity index (χ1n) is 5.54. The standard InChI is InChI=1S/C11H16F2N2O3/c1-9(6-14,7-18-2)15-8(16)11(12,13)10(17)4-3-5-10/h17H,3-5,7H2,1-2H3,(H,15,16). The molecule has 0 radical (unpaired) electrons. The maximum absolute atomic E-state index is 13.7. The molecule has 1 amide bonds. The van der Waals surface area contributed by atoms with Crippen molar-refractivity contribution < 1.29 is 23.4 Å². The highest BCUT2D eigenvalue weighted by atomic mass is 19.3. The number of aliphatic hydroxyl groups is 1. The molecule has 0 aromatic heterocycles. The maximum atomic E-state index is 13.7. The summed E-state index contributed by atoms with van der Waals surface area (Å²) in [6.07, 6.45) is 0.203. The maximum Gasteiger partial charge on any atom is 0.352 e. The quantitative estimate of drug-likeness (QED) is 0.759. The number of hydrogen-bond donors (Lipinski definition) is 2. The number of alkyl halides is 2. The second-order valence-electron chi connectivity index (χ2n) is 4.79. The number of halogens is 2. The van der Waals surface area contributed by atoms with E-state index in [9.17, 15) is 18.7 Å². The number of methoxy groups -OCH3 is 1. The molecule has 1 fully saturated rings. The Bertz CT molecular complexity index is 377. The molecule has 0 saturated heterocycles. The van der Waals surface area contributed by atoms with Gasteiger partial charge in [-0.15, -0.1) is 0 Å². The molecule has 0 heterocycles. The normalized spacial score (nSPS) is 21.3. The van der Waals surface area contributed by atoms with E-state index in [1.54, 1.807) is 6.07 Å². The Morgan fingerprint density at radius 1 is 1.61 bits per heavy atom. The van der Waals surface area contributed by atoms with Gasteiger partial charge >= 0.3 is 5.92 Å². The van der Waals surface area contributed by atoms with Crippen LogP contribution in [-0.2, 0) is 9.53 Å². The molecule has 1 rings (SSSR count).